The molecule has 1 aliphatic carbocycles. The van der Waals surface area contributed by atoms with Crippen LogP contribution in [0.3, 0.4) is 0 Å². The van der Waals surface area contributed by atoms with E-state index < -0.39 is 11.4 Å². The maximum Gasteiger partial charge on any atom is 0.278 e. The molecule has 0 radical (unpaired) electrons. The van der Waals surface area contributed by atoms with Crippen LogP contribution in [-0.2, 0) is 18.6 Å². The lowest BCUT2D eigenvalue weighted by Crippen LogP contribution is -2.23. The van der Waals surface area contributed by atoms with Gasteiger partial charge in [-0.3, -0.25) is 4.79 Å². The molecule has 3 N–H and O–H groups in total. The standard InChI is InChI=1S/C26H27FN6O2/c1-26(2,35)21-12-19(7-8-22(21)27)32-23-20(24(34)33(32)18-5-6-18)14-29-25(31-23)30-17-4-3-15-9-10-28-13-16(15)11-17/h3-4,7-8,11-12,14,18,28,35H,5-6,9-10,13H2,1-2H3,(H,29,30,31). The summed E-state index contributed by atoms with van der Waals surface area (Å²) in [6.45, 7) is 4.88. The lowest BCUT2D eigenvalue weighted by Gasteiger charge is -2.20. The first-order chi connectivity index (χ1) is 16.8. The molecular weight excluding hydrogens is 447 g/mol. The number of rotatable bonds is 5. The maximum absolute atomic E-state index is 14.5. The van der Waals surface area contributed by atoms with Crippen LogP contribution in [0.2, 0.25) is 0 Å². The first-order valence-corrected chi connectivity index (χ1v) is 11.9. The van der Waals surface area contributed by atoms with Gasteiger partial charge in [-0.2, -0.15) is 4.98 Å². The summed E-state index contributed by atoms with van der Waals surface area (Å²) >= 11 is 0. The highest BCUT2D eigenvalue weighted by Gasteiger charge is 2.31. The van der Waals surface area contributed by atoms with Crippen molar-refractivity contribution in [2.75, 3.05) is 11.9 Å². The molecule has 0 spiro atoms. The van der Waals surface area contributed by atoms with Gasteiger partial charge in [-0.25, -0.2) is 18.7 Å². The third-order valence-corrected chi connectivity index (χ3v) is 6.72. The van der Waals surface area contributed by atoms with Crippen molar-refractivity contribution >= 4 is 22.7 Å². The molecule has 180 valence electrons. The Morgan fingerprint density at radius 2 is 2.00 bits per heavy atom. The maximum atomic E-state index is 14.5. The first kappa shape index (κ1) is 21.9. The Hall–Kier alpha value is -3.56. The summed E-state index contributed by atoms with van der Waals surface area (Å²) in [7, 11) is 0. The molecule has 1 aliphatic heterocycles. The van der Waals surface area contributed by atoms with E-state index in [4.69, 9.17) is 4.98 Å². The van der Waals surface area contributed by atoms with Gasteiger partial charge in [-0.05, 0) is 81.1 Å². The molecule has 0 saturated heterocycles. The lowest BCUT2D eigenvalue weighted by atomic mass is 9.97. The van der Waals surface area contributed by atoms with Gasteiger partial charge in [0, 0.05) is 24.0 Å². The molecule has 2 aromatic carbocycles. The van der Waals surface area contributed by atoms with E-state index in [9.17, 15) is 14.3 Å². The highest BCUT2D eigenvalue weighted by atomic mass is 19.1. The Bertz CT molecular complexity index is 1510. The Balaban J connectivity index is 1.48. The summed E-state index contributed by atoms with van der Waals surface area (Å²) in [6, 6.07) is 10.8. The van der Waals surface area contributed by atoms with E-state index in [1.165, 1.54) is 31.0 Å². The fourth-order valence-electron chi connectivity index (χ4n) is 4.76. The van der Waals surface area contributed by atoms with Gasteiger partial charge in [0.1, 0.15) is 11.2 Å². The molecule has 8 nitrogen and oxygen atoms in total. The summed E-state index contributed by atoms with van der Waals surface area (Å²) in [5, 5.41) is 17.5. The molecule has 9 heteroatoms. The average molecular weight is 475 g/mol. The van der Waals surface area contributed by atoms with Crippen molar-refractivity contribution in [3.63, 3.8) is 0 Å². The van der Waals surface area contributed by atoms with Gasteiger partial charge in [0.15, 0.2) is 5.65 Å². The number of nitrogens with zero attached hydrogens (tertiary/aromatic N) is 4. The molecule has 0 atom stereocenters. The number of anilines is 2. The minimum Gasteiger partial charge on any atom is -0.386 e. The number of aliphatic hydroxyl groups is 1. The topological polar surface area (TPSA) is 97.0 Å². The lowest BCUT2D eigenvalue weighted by molar-refractivity contribution is 0.0745. The summed E-state index contributed by atoms with van der Waals surface area (Å²) in [4.78, 5) is 22.4. The monoisotopic (exact) mass is 474 g/mol. The van der Waals surface area contributed by atoms with Gasteiger partial charge < -0.3 is 15.7 Å². The molecule has 2 aromatic heterocycles. The quantitative estimate of drug-likeness (QED) is 0.408. The molecule has 0 bridgehead atoms. The number of hydrogen-bond donors (Lipinski definition) is 3. The second kappa shape index (κ2) is 8.00. The summed E-state index contributed by atoms with van der Waals surface area (Å²) < 4.78 is 17.9. The van der Waals surface area contributed by atoms with E-state index in [0.717, 1.165) is 38.0 Å². The summed E-state index contributed by atoms with van der Waals surface area (Å²) in [5.74, 6) is -0.135. The van der Waals surface area contributed by atoms with Crippen molar-refractivity contribution in [1.29, 1.82) is 0 Å². The summed E-state index contributed by atoms with van der Waals surface area (Å²) in [6.07, 6.45) is 4.32. The van der Waals surface area contributed by atoms with Crippen molar-refractivity contribution in [3.05, 3.63) is 75.5 Å². The van der Waals surface area contributed by atoms with Crippen LogP contribution in [0.5, 0.6) is 0 Å². The van der Waals surface area contributed by atoms with Crippen LogP contribution >= 0.6 is 0 Å². The molecule has 0 amide bonds. The second-order valence-electron chi connectivity index (χ2n) is 9.88. The zero-order chi connectivity index (χ0) is 24.3. The smallest absolute Gasteiger partial charge is 0.278 e. The van der Waals surface area contributed by atoms with Crippen LogP contribution in [0.15, 0.2) is 47.4 Å². The van der Waals surface area contributed by atoms with E-state index in [1.54, 1.807) is 27.7 Å². The molecule has 1 fully saturated rings. The Morgan fingerprint density at radius 1 is 1.17 bits per heavy atom. The van der Waals surface area contributed by atoms with E-state index in [2.05, 4.69) is 27.8 Å². The Labute approximate surface area is 201 Å². The third kappa shape index (κ3) is 3.90. The SMILES string of the molecule is CC(C)(O)c1cc(-n2c3nc(Nc4ccc5c(c4)CNCC5)ncc3c(=O)n2C2CC2)ccc1F. The first-order valence-electron chi connectivity index (χ1n) is 11.9. The van der Waals surface area contributed by atoms with Gasteiger partial charge >= 0.3 is 0 Å². The number of fused-ring (bicyclic) bond motifs is 2. The second-order valence-corrected chi connectivity index (χ2v) is 9.88. The van der Waals surface area contributed by atoms with Crippen molar-refractivity contribution < 1.29 is 9.50 Å². The van der Waals surface area contributed by atoms with Crippen LogP contribution in [0.4, 0.5) is 16.0 Å². The number of hydrogen-bond acceptors (Lipinski definition) is 6. The molecular formula is C26H27FN6O2. The van der Waals surface area contributed by atoms with Crippen LogP contribution in [0, 0.1) is 5.82 Å². The minimum absolute atomic E-state index is 0.0527. The zero-order valence-electron chi connectivity index (χ0n) is 19.7. The summed E-state index contributed by atoms with van der Waals surface area (Å²) in [5.41, 5.74) is 3.04. The van der Waals surface area contributed by atoms with Crippen molar-refractivity contribution in [1.82, 2.24) is 24.6 Å². The largest absolute Gasteiger partial charge is 0.386 e. The molecule has 35 heavy (non-hydrogen) atoms. The van der Waals surface area contributed by atoms with E-state index in [0.29, 0.717) is 22.7 Å². The normalized spacial score (nSPS) is 15.9. The molecule has 2 aliphatic rings. The van der Waals surface area contributed by atoms with Crippen LogP contribution < -0.4 is 16.2 Å². The van der Waals surface area contributed by atoms with Crippen molar-refractivity contribution in [2.24, 2.45) is 0 Å². The highest BCUT2D eigenvalue weighted by molar-refractivity contribution is 5.77. The molecule has 1 saturated carbocycles. The van der Waals surface area contributed by atoms with Crippen molar-refractivity contribution in [3.8, 4) is 5.69 Å². The Kier molecular flexibility index (Phi) is 5.01. The third-order valence-electron chi connectivity index (χ3n) is 6.72. The van der Waals surface area contributed by atoms with Gasteiger partial charge in [0.2, 0.25) is 5.95 Å². The molecule has 3 heterocycles. The Morgan fingerprint density at radius 3 is 2.77 bits per heavy atom. The zero-order valence-corrected chi connectivity index (χ0v) is 19.7. The molecule has 0 unspecified atom stereocenters. The predicted molar refractivity (Wildman–Crippen MR) is 132 cm³/mol. The highest BCUT2D eigenvalue weighted by Crippen LogP contribution is 2.36. The van der Waals surface area contributed by atoms with Crippen LogP contribution in [0.25, 0.3) is 16.7 Å². The average Bonchev–Trinajstić information content (AvgIpc) is 3.63. The fraction of sp³-hybridized carbons (Fsp3) is 0.346. The van der Waals surface area contributed by atoms with Crippen LogP contribution in [-0.4, -0.2) is 31.0 Å². The number of aromatic nitrogens is 4. The van der Waals surface area contributed by atoms with Crippen LogP contribution in [0.1, 0.15) is 49.4 Å². The van der Waals surface area contributed by atoms with Gasteiger partial charge in [-0.1, -0.05) is 6.07 Å². The van der Waals surface area contributed by atoms with E-state index in [-0.39, 0.29) is 17.2 Å². The molecule has 6 rings (SSSR count). The minimum atomic E-state index is -1.38. The van der Waals surface area contributed by atoms with E-state index in [1.807, 2.05) is 6.07 Å². The predicted octanol–water partition coefficient (Wildman–Crippen LogP) is 3.67. The molecule has 4 aromatic rings. The number of nitrogens with one attached hydrogen (secondary N) is 2. The van der Waals surface area contributed by atoms with Crippen molar-refractivity contribution in [2.45, 2.75) is 51.3 Å². The van der Waals surface area contributed by atoms with Gasteiger partial charge in [-0.15, -0.1) is 0 Å². The fourth-order valence-corrected chi connectivity index (χ4v) is 4.76. The number of halogens is 1. The van der Waals surface area contributed by atoms with E-state index >= 15 is 0 Å². The van der Waals surface area contributed by atoms with Gasteiger partial charge in [0.25, 0.3) is 5.56 Å². The van der Waals surface area contributed by atoms with Gasteiger partial charge in [0.05, 0.1) is 17.3 Å². The number of benzene rings is 2.